The molecule has 2 aliphatic rings. The summed E-state index contributed by atoms with van der Waals surface area (Å²) >= 11 is 2.96. The minimum absolute atomic E-state index is 0.0744. The fraction of sp³-hybridized carbons (Fsp3) is 0.360. The first-order chi connectivity index (χ1) is 18.4. The van der Waals surface area contributed by atoms with Crippen LogP contribution in [-0.2, 0) is 22.7 Å². The van der Waals surface area contributed by atoms with E-state index in [4.69, 9.17) is 0 Å². The maximum absolute atomic E-state index is 13.1. The number of fused-ring (bicyclic) bond motifs is 1. The number of aliphatic carboxylic acids is 1. The zero-order valence-corrected chi connectivity index (χ0v) is 22.7. The Bertz CT molecular complexity index is 1330. The van der Waals surface area contributed by atoms with E-state index in [0.717, 1.165) is 18.8 Å². The van der Waals surface area contributed by atoms with Crippen LogP contribution in [0.25, 0.3) is 0 Å². The molecule has 198 valence electrons. The largest absolute Gasteiger partial charge is 0.477 e. The molecule has 5 rings (SSSR count). The van der Waals surface area contributed by atoms with Crippen LogP contribution in [0, 0.1) is 0 Å². The van der Waals surface area contributed by atoms with Crippen molar-refractivity contribution in [3.8, 4) is 0 Å². The van der Waals surface area contributed by atoms with Gasteiger partial charge in [-0.1, -0.05) is 42.1 Å². The molecule has 2 atom stereocenters. The van der Waals surface area contributed by atoms with E-state index in [1.54, 1.807) is 16.4 Å². The zero-order valence-electron chi connectivity index (χ0n) is 21.1. The summed E-state index contributed by atoms with van der Waals surface area (Å²) < 4.78 is 3.78. The van der Waals surface area contributed by atoms with E-state index in [1.165, 1.54) is 22.2 Å². The molecule has 38 heavy (non-hydrogen) atoms. The summed E-state index contributed by atoms with van der Waals surface area (Å²) in [6, 6.07) is 13.6. The predicted molar refractivity (Wildman–Crippen MR) is 144 cm³/mol. The smallest absolute Gasteiger partial charge is 0.352 e. The van der Waals surface area contributed by atoms with Gasteiger partial charge in [0.2, 0.25) is 5.16 Å². The van der Waals surface area contributed by atoms with Crippen LogP contribution in [0.2, 0.25) is 0 Å². The number of likely N-dealkylation sites (N-methyl/N-ethyl adjacent to an activating group) is 1. The van der Waals surface area contributed by atoms with Gasteiger partial charge in [0, 0.05) is 41.4 Å². The van der Waals surface area contributed by atoms with Crippen LogP contribution >= 0.6 is 23.5 Å². The SMILES string of the molecule is CN(C)CCn1nnnc1SCC1=C(C(=O)O)N2C(=O)[C@@H](Nc3cc[n+](Cc4ccccc4)cc3)[C@H]2SC1. The number of nitrogens with one attached hydrogen (secondary N) is 1. The van der Waals surface area contributed by atoms with E-state index in [1.807, 2.05) is 61.7 Å². The average Bonchev–Trinajstić information content (AvgIpc) is 3.37. The molecule has 2 N–H and O–H groups in total. The van der Waals surface area contributed by atoms with Crippen LogP contribution < -0.4 is 9.88 Å². The minimum Gasteiger partial charge on any atom is -0.477 e. The highest BCUT2D eigenvalue weighted by Crippen LogP contribution is 2.42. The van der Waals surface area contributed by atoms with Crippen molar-refractivity contribution in [2.75, 3.05) is 37.5 Å². The van der Waals surface area contributed by atoms with Gasteiger partial charge >= 0.3 is 5.97 Å². The lowest BCUT2D eigenvalue weighted by Crippen LogP contribution is -2.67. The van der Waals surface area contributed by atoms with Crippen LogP contribution in [0.4, 0.5) is 5.69 Å². The average molecular weight is 554 g/mol. The number of β-lactam (4-membered cyclic amide) rings is 1. The monoisotopic (exact) mass is 553 g/mol. The zero-order chi connectivity index (χ0) is 26.6. The summed E-state index contributed by atoms with van der Waals surface area (Å²) in [4.78, 5) is 28.8. The molecule has 4 heterocycles. The number of carboxylic acid groups (broad SMARTS) is 1. The van der Waals surface area contributed by atoms with Crippen LogP contribution in [0.1, 0.15) is 5.56 Å². The highest BCUT2D eigenvalue weighted by molar-refractivity contribution is 8.01. The number of carbonyl (C=O) groups excluding carboxylic acids is 1. The standard InChI is InChI=1S/C25H28N8O3S2/c1-30(2)12-13-32-25(27-28-29-32)38-16-18-15-37-23-20(22(34)33(23)21(18)24(35)36)26-19-8-10-31(11-9-19)14-17-6-4-3-5-7-17/h3-11,20,23H,12-16H2,1-2H3,(H,35,36)/p+1/t20-,23-/m1/s1. The number of carboxylic acids is 1. The molecule has 1 aromatic carbocycles. The Morgan fingerprint density at radius 1 is 1.24 bits per heavy atom. The fourth-order valence-electron chi connectivity index (χ4n) is 4.31. The van der Waals surface area contributed by atoms with Crippen molar-refractivity contribution in [3.63, 3.8) is 0 Å². The van der Waals surface area contributed by atoms with Crippen molar-refractivity contribution < 1.29 is 19.3 Å². The first kappa shape index (κ1) is 26.2. The molecule has 0 spiro atoms. The van der Waals surface area contributed by atoms with Gasteiger partial charge in [0.1, 0.15) is 17.1 Å². The van der Waals surface area contributed by atoms with Gasteiger partial charge in [0.15, 0.2) is 18.9 Å². The van der Waals surface area contributed by atoms with Crippen molar-refractivity contribution in [2.45, 2.75) is 29.7 Å². The van der Waals surface area contributed by atoms with Crippen molar-refractivity contribution in [1.82, 2.24) is 30.0 Å². The van der Waals surface area contributed by atoms with Gasteiger partial charge in [0.25, 0.3) is 5.91 Å². The van der Waals surface area contributed by atoms with E-state index in [-0.39, 0.29) is 17.0 Å². The number of anilines is 1. The molecule has 11 nitrogen and oxygen atoms in total. The lowest BCUT2D eigenvalue weighted by atomic mass is 10.0. The second kappa shape index (κ2) is 11.5. The number of rotatable bonds is 11. The molecule has 0 unspecified atom stereocenters. The molecule has 0 radical (unpaired) electrons. The number of benzene rings is 1. The van der Waals surface area contributed by atoms with Gasteiger partial charge in [-0.25, -0.2) is 14.0 Å². The molecule has 0 saturated carbocycles. The van der Waals surface area contributed by atoms with E-state index in [9.17, 15) is 14.7 Å². The van der Waals surface area contributed by atoms with Crippen LogP contribution in [0.5, 0.6) is 0 Å². The minimum atomic E-state index is -1.09. The maximum Gasteiger partial charge on any atom is 0.352 e. The normalized spacial score (nSPS) is 18.9. The molecule has 3 aromatic rings. The van der Waals surface area contributed by atoms with Crippen molar-refractivity contribution in [1.29, 1.82) is 0 Å². The Labute approximate surface area is 228 Å². The first-order valence-electron chi connectivity index (χ1n) is 12.1. The summed E-state index contributed by atoms with van der Waals surface area (Å²) in [5, 5.41) is 25.5. The molecule has 1 fully saturated rings. The maximum atomic E-state index is 13.1. The number of pyridine rings is 1. The van der Waals surface area contributed by atoms with Crippen molar-refractivity contribution >= 4 is 41.1 Å². The van der Waals surface area contributed by atoms with E-state index in [2.05, 4.69) is 37.5 Å². The second-order valence-electron chi connectivity index (χ2n) is 9.31. The Kier molecular flexibility index (Phi) is 7.95. The first-order valence-corrected chi connectivity index (χ1v) is 14.2. The summed E-state index contributed by atoms with van der Waals surface area (Å²) in [6.07, 6.45) is 3.93. The second-order valence-corrected chi connectivity index (χ2v) is 11.4. The lowest BCUT2D eigenvalue weighted by molar-refractivity contribution is -0.688. The molecule has 0 bridgehead atoms. The summed E-state index contributed by atoms with van der Waals surface area (Å²) in [6.45, 7) is 2.17. The number of aromatic nitrogens is 5. The number of tetrazole rings is 1. The fourth-order valence-corrected chi connectivity index (χ4v) is 6.70. The van der Waals surface area contributed by atoms with Crippen molar-refractivity contribution in [2.24, 2.45) is 0 Å². The highest BCUT2D eigenvalue weighted by Gasteiger charge is 2.53. The number of nitrogens with zero attached hydrogens (tertiary/aromatic N) is 7. The van der Waals surface area contributed by atoms with Gasteiger partial charge in [0.05, 0.1) is 6.54 Å². The number of hydrogen-bond donors (Lipinski definition) is 2. The molecular formula is C25H29N8O3S2+. The molecule has 0 aliphatic carbocycles. The van der Waals surface area contributed by atoms with Gasteiger partial charge in [-0.05, 0) is 30.1 Å². The Morgan fingerprint density at radius 3 is 2.71 bits per heavy atom. The predicted octanol–water partition coefficient (Wildman–Crippen LogP) is 1.40. The van der Waals surface area contributed by atoms with Crippen LogP contribution in [0.15, 0.2) is 71.3 Å². The number of thioether (sulfide) groups is 2. The Morgan fingerprint density at radius 2 is 2.00 bits per heavy atom. The van der Waals surface area contributed by atoms with E-state index < -0.39 is 12.0 Å². The summed E-state index contributed by atoms with van der Waals surface area (Å²) in [5.74, 6) is -0.414. The molecule has 1 amide bonds. The van der Waals surface area contributed by atoms with Crippen LogP contribution in [0.3, 0.4) is 0 Å². The van der Waals surface area contributed by atoms with Gasteiger partial charge < -0.3 is 15.3 Å². The van der Waals surface area contributed by atoms with Gasteiger partial charge in [-0.15, -0.1) is 16.9 Å². The van der Waals surface area contributed by atoms with Gasteiger partial charge in [-0.3, -0.25) is 9.69 Å². The Hall–Kier alpha value is -3.42. The lowest BCUT2D eigenvalue weighted by Gasteiger charge is -2.49. The third-order valence-electron chi connectivity index (χ3n) is 6.30. The number of carbonyl (C=O) groups is 2. The molecule has 1 saturated heterocycles. The third-order valence-corrected chi connectivity index (χ3v) is 8.69. The van der Waals surface area contributed by atoms with Crippen LogP contribution in [-0.4, -0.2) is 90.6 Å². The summed E-state index contributed by atoms with van der Waals surface area (Å²) in [7, 11) is 3.95. The van der Waals surface area contributed by atoms with Gasteiger partial charge in [-0.2, -0.15) is 0 Å². The topological polar surface area (TPSA) is 120 Å². The molecule has 2 aromatic heterocycles. The summed E-state index contributed by atoms with van der Waals surface area (Å²) in [5.41, 5.74) is 2.79. The molecule has 2 aliphatic heterocycles. The highest BCUT2D eigenvalue weighted by atomic mass is 32.2. The number of hydrogen-bond acceptors (Lipinski definition) is 9. The molecule has 13 heteroatoms. The molecular weight excluding hydrogens is 524 g/mol. The Balaban J connectivity index is 1.23. The third kappa shape index (κ3) is 5.69. The number of amides is 1. The quantitative estimate of drug-likeness (QED) is 0.205. The van der Waals surface area contributed by atoms with Crippen molar-refractivity contribution in [3.05, 3.63) is 71.7 Å². The van der Waals surface area contributed by atoms with E-state index in [0.29, 0.717) is 28.8 Å². The van der Waals surface area contributed by atoms with E-state index >= 15 is 0 Å².